The number of Topliss-reactive ketones (excluding diaryl/α,β-unsaturated/α-hetero) is 2. The van der Waals surface area contributed by atoms with Crippen molar-refractivity contribution in [3.8, 4) is 5.75 Å². The zero-order chi connectivity index (χ0) is 27.7. The molecule has 6 unspecified atom stereocenters. The molecule has 2 saturated carbocycles. The Morgan fingerprint density at radius 1 is 1.11 bits per heavy atom. The van der Waals surface area contributed by atoms with Crippen molar-refractivity contribution in [1.82, 2.24) is 4.90 Å². The van der Waals surface area contributed by atoms with Crippen LogP contribution >= 0.6 is 0 Å². The van der Waals surface area contributed by atoms with Crippen molar-refractivity contribution < 1.29 is 39.9 Å². The van der Waals surface area contributed by atoms with Crippen molar-refractivity contribution in [2.75, 3.05) is 14.1 Å². The van der Waals surface area contributed by atoms with Gasteiger partial charge in [-0.25, -0.2) is 0 Å². The lowest BCUT2D eigenvalue weighted by Crippen LogP contribution is -2.70. The summed E-state index contributed by atoms with van der Waals surface area (Å²) in [5.74, 6) is -8.09. The molecule has 0 spiro atoms. The van der Waals surface area contributed by atoms with Crippen molar-refractivity contribution in [1.29, 1.82) is 0 Å². The number of aliphatic hydroxyl groups excluding tert-OH is 3. The standard InChI is InChI=1S/C28H34N2O8/c1-30(2)21-20-23(33)17-14(11-10-12-6-3-4-7-12)13-8-5-9-15(31)16(13)22(32)18(17)25(35)28(20,38)26(36)19(24(21)34)27(29)37/h5,8-9,12,14,17,20-21,23,31-33,36,38H,3-4,6-7,10-11H2,1-2H3,(H2,29,37). The number of phenolic OH excluding ortho intramolecular Hbond substituents is 1. The smallest absolute Gasteiger partial charge is 0.255 e. The van der Waals surface area contributed by atoms with Crippen LogP contribution in [0.3, 0.4) is 0 Å². The molecule has 4 aliphatic rings. The summed E-state index contributed by atoms with van der Waals surface area (Å²) in [6.45, 7) is 0. The van der Waals surface area contributed by atoms with Crippen LogP contribution in [-0.4, -0.2) is 79.7 Å². The Morgan fingerprint density at radius 3 is 2.37 bits per heavy atom. The van der Waals surface area contributed by atoms with Gasteiger partial charge in [0.2, 0.25) is 5.78 Å². The Hall–Kier alpha value is -3.21. The number of carbonyl (C=O) groups is 3. The van der Waals surface area contributed by atoms with E-state index in [1.807, 2.05) is 0 Å². The molecule has 5 rings (SSSR count). The zero-order valence-corrected chi connectivity index (χ0v) is 21.4. The van der Waals surface area contributed by atoms with Gasteiger partial charge in [-0.2, -0.15) is 0 Å². The number of nitrogens with zero attached hydrogens (tertiary/aromatic N) is 1. The van der Waals surface area contributed by atoms with Crippen molar-refractivity contribution in [2.24, 2.45) is 23.5 Å². The molecule has 0 heterocycles. The Balaban J connectivity index is 1.73. The summed E-state index contributed by atoms with van der Waals surface area (Å²) >= 11 is 0. The van der Waals surface area contributed by atoms with E-state index in [0.717, 1.165) is 32.1 Å². The predicted octanol–water partition coefficient (Wildman–Crippen LogP) is 1.45. The molecule has 0 bridgehead atoms. The molecule has 4 aliphatic carbocycles. The van der Waals surface area contributed by atoms with Gasteiger partial charge < -0.3 is 31.3 Å². The van der Waals surface area contributed by atoms with E-state index >= 15 is 0 Å². The highest BCUT2D eigenvalue weighted by Gasteiger charge is 2.68. The maximum Gasteiger partial charge on any atom is 0.255 e. The molecule has 0 radical (unpaired) electrons. The van der Waals surface area contributed by atoms with Gasteiger partial charge >= 0.3 is 0 Å². The van der Waals surface area contributed by atoms with Crippen LogP contribution in [0, 0.1) is 17.8 Å². The topological polar surface area (TPSA) is 182 Å². The monoisotopic (exact) mass is 526 g/mol. The molecule has 1 amide bonds. The lowest BCUT2D eigenvalue weighted by molar-refractivity contribution is -0.169. The van der Waals surface area contributed by atoms with Gasteiger partial charge in [0.15, 0.2) is 11.4 Å². The molecule has 0 saturated heterocycles. The highest BCUT2D eigenvalue weighted by molar-refractivity contribution is 6.24. The number of rotatable bonds is 5. The summed E-state index contributed by atoms with van der Waals surface area (Å²) < 4.78 is 0. The van der Waals surface area contributed by atoms with Crippen LogP contribution in [0.1, 0.15) is 55.6 Å². The fourth-order valence-corrected chi connectivity index (χ4v) is 7.45. The quantitative estimate of drug-likeness (QED) is 0.309. The fourth-order valence-electron chi connectivity index (χ4n) is 7.45. The van der Waals surface area contributed by atoms with Gasteiger partial charge in [0.05, 0.1) is 23.6 Å². The fraction of sp³-hybridized carbons (Fsp3) is 0.536. The van der Waals surface area contributed by atoms with E-state index in [1.165, 1.54) is 25.1 Å². The summed E-state index contributed by atoms with van der Waals surface area (Å²) in [4.78, 5) is 41.0. The summed E-state index contributed by atoms with van der Waals surface area (Å²) in [7, 11) is 2.99. The molecule has 7 N–H and O–H groups in total. The number of fused-ring (bicyclic) bond motifs is 3. The third-order valence-corrected chi connectivity index (χ3v) is 9.16. The van der Waals surface area contributed by atoms with E-state index in [1.54, 1.807) is 12.1 Å². The summed E-state index contributed by atoms with van der Waals surface area (Å²) in [6, 6.07) is 3.37. The molecule has 204 valence electrons. The maximum atomic E-state index is 14.1. The number of carbonyl (C=O) groups excluding carboxylic acids is 3. The Morgan fingerprint density at radius 2 is 1.76 bits per heavy atom. The summed E-state index contributed by atoms with van der Waals surface area (Å²) in [5.41, 5.74) is 1.80. The van der Waals surface area contributed by atoms with Gasteiger partial charge in [0, 0.05) is 11.5 Å². The van der Waals surface area contributed by atoms with Gasteiger partial charge in [-0.05, 0) is 50.4 Å². The number of ketones is 2. The number of hydrogen-bond acceptors (Lipinski definition) is 9. The molecular weight excluding hydrogens is 492 g/mol. The second-order valence-corrected chi connectivity index (χ2v) is 11.3. The third kappa shape index (κ3) is 3.54. The van der Waals surface area contributed by atoms with Crippen molar-refractivity contribution in [3.63, 3.8) is 0 Å². The van der Waals surface area contributed by atoms with Gasteiger partial charge in [0.25, 0.3) is 5.91 Å². The molecule has 10 heteroatoms. The number of likely N-dealkylation sites (N-methyl/N-ethyl adjacent to an activating group) is 1. The van der Waals surface area contributed by atoms with E-state index in [4.69, 9.17) is 5.73 Å². The molecule has 0 aliphatic heterocycles. The number of aromatic hydroxyl groups is 1. The lowest BCUT2D eigenvalue weighted by Gasteiger charge is -2.54. The number of phenols is 1. The molecule has 2 fully saturated rings. The first-order chi connectivity index (χ1) is 17.9. The van der Waals surface area contributed by atoms with Gasteiger partial charge in [-0.15, -0.1) is 0 Å². The Bertz CT molecular complexity index is 1280. The van der Waals surface area contributed by atoms with Crippen molar-refractivity contribution in [3.05, 3.63) is 46.2 Å². The first-order valence-corrected chi connectivity index (χ1v) is 13.1. The van der Waals surface area contributed by atoms with E-state index in [9.17, 15) is 39.9 Å². The van der Waals surface area contributed by atoms with Crippen LogP contribution in [0.25, 0.3) is 5.76 Å². The highest BCUT2D eigenvalue weighted by Crippen LogP contribution is 2.57. The minimum Gasteiger partial charge on any atom is -0.508 e. The molecule has 6 atom stereocenters. The van der Waals surface area contributed by atoms with Crippen LogP contribution in [0.15, 0.2) is 35.1 Å². The van der Waals surface area contributed by atoms with Crippen LogP contribution in [-0.2, 0) is 14.4 Å². The van der Waals surface area contributed by atoms with E-state index in [-0.39, 0.29) is 16.9 Å². The summed E-state index contributed by atoms with van der Waals surface area (Å²) in [6.07, 6.45) is 4.19. The second kappa shape index (κ2) is 9.21. The largest absolute Gasteiger partial charge is 0.508 e. The number of primary amides is 1. The van der Waals surface area contributed by atoms with E-state index < -0.39 is 70.1 Å². The van der Waals surface area contributed by atoms with Crippen molar-refractivity contribution >= 4 is 23.2 Å². The Kier molecular flexibility index (Phi) is 6.40. The van der Waals surface area contributed by atoms with Crippen LogP contribution in [0.2, 0.25) is 0 Å². The number of benzene rings is 1. The highest BCUT2D eigenvalue weighted by atomic mass is 16.4. The number of amides is 1. The molecule has 38 heavy (non-hydrogen) atoms. The lowest BCUT2D eigenvalue weighted by atomic mass is 9.53. The molecular formula is C28H34N2O8. The Labute approximate surface area is 220 Å². The van der Waals surface area contributed by atoms with Crippen molar-refractivity contribution in [2.45, 2.75) is 62.2 Å². The number of nitrogens with two attached hydrogens (primary N) is 1. The average Bonchev–Trinajstić information content (AvgIpc) is 3.37. The van der Waals surface area contributed by atoms with Crippen LogP contribution in [0.4, 0.5) is 0 Å². The average molecular weight is 527 g/mol. The second-order valence-electron chi connectivity index (χ2n) is 11.3. The van der Waals surface area contributed by atoms with E-state index in [2.05, 4.69) is 0 Å². The minimum absolute atomic E-state index is 0.0346. The molecule has 10 nitrogen and oxygen atoms in total. The van der Waals surface area contributed by atoms with Crippen LogP contribution in [0.5, 0.6) is 5.75 Å². The maximum absolute atomic E-state index is 14.1. The SMILES string of the molecule is CN(C)C1C(=O)C(C(N)=O)=C(O)C2(O)C(=O)C3=C(O)c4c(O)cccc4C(CCC4CCCC4)C3C(O)C12. The normalized spacial score (nSPS) is 33.4. The summed E-state index contributed by atoms with van der Waals surface area (Å²) in [5, 5.41) is 56.7. The van der Waals surface area contributed by atoms with Gasteiger partial charge in [-0.1, -0.05) is 37.8 Å². The first kappa shape index (κ1) is 26.4. The van der Waals surface area contributed by atoms with Crippen LogP contribution < -0.4 is 5.73 Å². The third-order valence-electron chi connectivity index (χ3n) is 9.16. The molecule has 1 aromatic rings. The zero-order valence-electron chi connectivity index (χ0n) is 21.4. The minimum atomic E-state index is -2.90. The van der Waals surface area contributed by atoms with Gasteiger partial charge in [-0.3, -0.25) is 19.3 Å². The van der Waals surface area contributed by atoms with E-state index in [0.29, 0.717) is 17.9 Å². The predicted molar refractivity (Wildman–Crippen MR) is 136 cm³/mol. The number of hydrogen-bond donors (Lipinski definition) is 6. The molecule has 0 aromatic heterocycles. The molecule has 1 aromatic carbocycles. The number of aliphatic hydroxyl groups is 4. The van der Waals surface area contributed by atoms with Gasteiger partial charge in [0.1, 0.15) is 22.8 Å². The first-order valence-electron chi connectivity index (χ1n) is 13.1.